The summed E-state index contributed by atoms with van der Waals surface area (Å²) in [6.45, 7) is 5.33. The van der Waals surface area contributed by atoms with Crippen molar-refractivity contribution in [3.8, 4) is 0 Å². The molecule has 0 fully saturated rings. The standard InChI is InChI=1S/C10H18N4O/c1-9-7-10(14-13-8-9)12-4-3-11-5-6-15-2/h7-8,11H,3-6H2,1-2H3,(H,12,14). The minimum Gasteiger partial charge on any atom is -0.383 e. The Morgan fingerprint density at radius 3 is 2.93 bits per heavy atom. The first-order chi connectivity index (χ1) is 7.33. The number of methoxy groups -OCH3 is 1. The average Bonchev–Trinajstić information content (AvgIpc) is 2.23. The van der Waals surface area contributed by atoms with Crippen LogP contribution >= 0.6 is 0 Å². The smallest absolute Gasteiger partial charge is 0.148 e. The molecule has 1 aromatic rings. The molecule has 5 nitrogen and oxygen atoms in total. The third-order valence-corrected chi connectivity index (χ3v) is 1.88. The van der Waals surface area contributed by atoms with Gasteiger partial charge in [0.2, 0.25) is 0 Å². The summed E-state index contributed by atoms with van der Waals surface area (Å²) in [5.41, 5.74) is 1.11. The van der Waals surface area contributed by atoms with E-state index < -0.39 is 0 Å². The molecule has 0 aliphatic rings. The molecule has 0 spiro atoms. The van der Waals surface area contributed by atoms with Crippen molar-refractivity contribution in [1.29, 1.82) is 0 Å². The summed E-state index contributed by atoms with van der Waals surface area (Å²) >= 11 is 0. The molecule has 0 saturated heterocycles. The predicted octanol–water partition coefficient (Wildman–Crippen LogP) is 0.433. The molecule has 0 aromatic carbocycles. The van der Waals surface area contributed by atoms with Gasteiger partial charge in [0.1, 0.15) is 5.82 Å². The van der Waals surface area contributed by atoms with Crippen molar-refractivity contribution in [2.45, 2.75) is 6.92 Å². The highest BCUT2D eigenvalue weighted by atomic mass is 16.5. The number of hydrogen-bond donors (Lipinski definition) is 2. The number of aromatic nitrogens is 2. The zero-order chi connectivity index (χ0) is 10.9. The fourth-order valence-electron chi connectivity index (χ4n) is 1.13. The second-order valence-electron chi connectivity index (χ2n) is 3.29. The van der Waals surface area contributed by atoms with E-state index in [1.807, 2.05) is 13.0 Å². The van der Waals surface area contributed by atoms with E-state index in [2.05, 4.69) is 20.8 Å². The second kappa shape index (κ2) is 7.14. The van der Waals surface area contributed by atoms with Gasteiger partial charge in [0.15, 0.2) is 0 Å². The first-order valence-corrected chi connectivity index (χ1v) is 5.06. The molecule has 0 atom stereocenters. The molecule has 0 aliphatic carbocycles. The van der Waals surface area contributed by atoms with Crippen molar-refractivity contribution in [1.82, 2.24) is 15.5 Å². The molecule has 15 heavy (non-hydrogen) atoms. The van der Waals surface area contributed by atoms with Gasteiger partial charge in [-0.05, 0) is 18.6 Å². The van der Waals surface area contributed by atoms with Crippen molar-refractivity contribution in [2.75, 3.05) is 38.7 Å². The summed E-state index contributed by atoms with van der Waals surface area (Å²) in [4.78, 5) is 0. The minimum atomic E-state index is 0.740. The van der Waals surface area contributed by atoms with Crippen LogP contribution in [0.15, 0.2) is 12.3 Å². The van der Waals surface area contributed by atoms with E-state index in [4.69, 9.17) is 4.74 Å². The Hall–Kier alpha value is -1.20. The van der Waals surface area contributed by atoms with Gasteiger partial charge in [-0.25, -0.2) is 0 Å². The molecule has 0 aliphatic heterocycles. The van der Waals surface area contributed by atoms with Crippen molar-refractivity contribution < 1.29 is 4.74 Å². The largest absolute Gasteiger partial charge is 0.383 e. The number of aryl methyl sites for hydroxylation is 1. The Morgan fingerprint density at radius 2 is 2.20 bits per heavy atom. The number of ether oxygens (including phenoxy) is 1. The molecule has 0 amide bonds. The Morgan fingerprint density at radius 1 is 1.33 bits per heavy atom. The molecule has 1 rings (SSSR count). The predicted molar refractivity (Wildman–Crippen MR) is 60.0 cm³/mol. The van der Waals surface area contributed by atoms with Gasteiger partial charge in [-0.15, -0.1) is 5.10 Å². The van der Waals surface area contributed by atoms with Gasteiger partial charge in [0.05, 0.1) is 12.8 Å². The highest BCUT2D eigenvalue weighted by Crippen LogP contribution is 2.01. The third-order valence-electron chi connectivity index (χ3n) is 1.88. The lowest BCUT2D eigenvalue weighted by Gasteiger charge is -2.06. The molecule has 2 N–H and O–H groups in total. The van der Waals surface area contributed by atoms with Gasteiger partial charge in [0, 0.05) is 26.7 Å². The summed E-state index contributed by atoms with van der Waals surface area (Å²) < 4.78 is 4.92. The third kappa shape index (κ3) is 5.29. The fraction of sp³-hybridized carbons (Fsp3) is 0.600. The monoisotopic (exact) mass is 210 g/mol. The Labute approximate surface area is 90.2 Å². The molecule has 0 bridgehead atoms. The fourth-order valence-corrected chi connectivity index (χ4v) is 1.13. The van der Waals surface area contributed by atoms with Crippen LogP contribution in [0, 0.1) is 6.92 Å². The maximum Gasteiger partial charge on any atom is 0.148 e. The molecule has 0 unspecified atom stereocenters. The van der Waals surface area contributed by atoms with Gasteiger partial charge in [-0.1, -0.05) is 0 Å². The maximum absolute atomic E-state index is 4.92. The number of anilines is 1. The Kier molecular flexibility index (Phi) is 5.65. The van der Waals surface area contributed by atoms with Gasteiger partial charge in [0.25, 0.3) is 0 Å². The maximum atomic E-state index is 4.92. The van der Waals surface area contributed by atoms with Crippen LogP contribution in [0.25, 0.3) is 0 Å². The first kappa shape index (κ1) is 11.9. The molecule has 1 heterocycles. The van der Waals surface area contributed by atoms with Gasteiger partial charge < -0.3 is 15.4 Å². The Balaban J connectivity index is 2.10. The van der Waals surface area contributed by atoms with E-state index in [1.165, 1.54) is 0 Å². The lowest BCUT2D eigenvalue weighted by Crippen LogP contribution is -2.25. The topological polar surface area (TPSA) is 59.1 Å². The van der Waals surface area contributed by atoms with E-state index in [9.17, 15) is 0 Å². The summed E-state index contributed by atoms with van der Waals surface area (Å²) in [5.74, 6) is 0.823. The molecular formula is C10H18N4O. The first-order valence-electron chi connectivity index (χ1n) is 5.06. The van der Waals surface area contributed by atoms with Gasteiger partial charge in [-0.2, -0.15) is 5.10 Å². The number of rotatable bonds is 7. The highest BCUT2D eigenvalue weighted by Gasteiger charge is 1.93. The second-order valence-corrected chi connectivity index (χ2v) is 3.29. The summed E-state index contributed by atoms with van der Waals surface area (Å²) in [6, 6.07) is 1.97. The summed E-state index contributed by atoms with van der Waals surface area (Å²) in [6.07, 6.45) is 1.74. The van der Waals surface area contributed by atoms with Crippen LogP contribution in [0.2, 0.25) is 0 Å². The van der Waals surface area contributed by atoms with Crippen molar-refractivity contribution >= 4 is 5.82 Å². The van der Waals surface area contributed by atoms with Crippen molar-refractivity contribution in [2.24, 2.45) is 0 Å². The molecular weight excluding hydrogens is 192 g/mol. The normalized spacial score (nSPS) is 10.3. The van der Waals surface area contributed by atoms with Crippen LogP contribution in [-0.4, -0.2) is 43.5 Å². The molecule has 0 saturated carbocycles. The average molecular weight is 210 g/mol. The molecule has 5 heteroatoms. The quantitative estimate of drug-likeness (QED) is 0.639. The molecule has 0 radical (unpaired) electrons. The lowest BCUT2D eigenvalue weighted by atomic mass is 10.3. The Bertz CT molecular complexity index is 280. The molecule has 1 aromatic heterocycles. The summed E-state index contributed by atoms with van der Waals surface area (Å²) in [5, 5.41) is 14.2. The van der Waals surface area contributed by atoms with Crippen LogP contribution in [0.1, 0.15) is 5.56 Å². The van der Waals surface area contributed by atoms with E-state index >= 15 is 0 Å². The summed E-state index contributed by atoms with van der Waals surface area (Å²) in [7, 11) is 1.70. The van der Waals surface area contributed by atoms with Crippen molar-refractivity contribution in [3.63, 3.8) is 0 Å². The van der Waals surface area contributed by atoms with Crippen LogP contribution in [0.3, 0.4) is 0 Å². The molecule has 84 valence electrons. The van der Waals surface area contributed by atoms with Gasteiger partial charge >= 0.3 is 0 Å². The van der Waals surface area contributed by atoms with E-state index in [1.54, 1.807) is 13.3 Å². The van der Waals surface area contributed by atoms with Crippen LogP contribution in [0.4, 0.5) is 5.82 Å². The van der Waals surface area contributed by atoms with Gasteiger partial charge in [-0.3, -0.25) is 0 Å². The van der Waals surface area contributed by atoms with Crippen LogP contribution in [-0.2, 0) is 4.74 Å². The zero-order valence-electron chi connectivity index (χ0n) is 9.29. The SMILES string of the molecule is COCCNCCNc1cc(C)cnn1. The van der Waals surface area contributed by atoms with Crippen LogP contribution in [0.5, 0.6) is 0 Å². The number of nitrogens with one attached hydrogen (secondary N) is 2. The lowest BCUT2D eigenvalue weighted by molar-refractivity contribution is 0.200. The number of nitrogens with zero attached hydrogens (tertiary/aromatic N) is 2. The van der Waals surface area contributed by atoms with Crippen LogP contribution < -0.4 is 10.6 Å². The highest BCUT2D eigenvalue weighted by molar-refractivity contribution is 5.34. The van der Waals surface area contributed by atoms with E-state index in [-0.39, 0.29) is 0 Å². The van der Waals surface area contributed by atoms with E-state index in [0.29, 0.717) is 0 Å². The van der Waals surface area contributed by atoms with Crippen molar-refractivity contribution in [3.05, 3.63) is 17.8 Å². The van der Waals surface area contributed by atoms with E-state index in [0.717, 1.165) is 37.6 Å². The zero-order valence-corrected chi connectivity index (χ0v) is 9.29. The minimum absolute atomic E-state index is 0.740. The number of hydrogen-bond acceptors (Lipinski definition) is 5.